The number of nitrogens with one attached hydrogen (secondary N) is 1. The van der Waals surface area contributed by atoms with Crippen molar-refractivity contribution in [3.8, 4) is 0 Å². The summed E-state index contributed by atoms with van der Waals surface area (Å²) in [4.78, 5) is 18.9. The van der Waals surface area contributed by atoms with E-state index in [2.05, 4.69) is 15.3 Å². The van der Waals surface area contributed by atoms with Crippen LogP contribution in [0.5, 0.6) is 0 Å². The lowest BCUT2D eigenvalue weighted by Crippen LogP contribution is -2.57. The minimum Gasteiger partial charge on any atom is -0.478 e. The molecule has 1 heterocycles. The van der Waals surface area contributed by atoms with E-state index >= 15 is 0 Å². The van der Waals surface area contributed by atoms with Gasteiger partial charge in [0.1, 0.15) is 0 Å². The Balaban J connectivity index is 2.12. The Morgan fingerprint density at radius 2 is 2.22 bits per heavy atom. The second-order valence-electron chi connectivity index (χ2n) is 5.27. The lowest BCUT2D eigenvalue weighted by Gasteiger charge is -2.49. The van der Waals surface area contributed by atoms with Crippen LogP contribution in [0.4, 0.5) is 5.95 Å². The summed E-state index contributed by atoms with van der Waals surface area (Å²) in [6.45, 7) is 5.58. The molecule has 18 heavy (non-hydrogen) atoms. The molecule has 0 aromatic carbocycles. The highest BCUT2D eigenvalue weighted by Crippen LogP contribution is 2.41. The molecule has 1 fully saturated rings. The molecule has 1 aromatic heterocycles. The lowest BCUT2D eigenvalue weighted by molar-refractivity contribution is -0.0512. The van der Waals surface area contributed by atoms with Gasteiger partial charge < -0.3 is 15.5 Å². The van der Waals surface area contributed by atoms with Gasteiger partial charge in [0.25, 0.3) is 0 Å². The van der Waals surface area contributed by atoms with Gasteiger partial charge in [0.05, 0.1) is 17.4 Å². The molecule has 6 nitrogen and oxygen atoms in total. The van der Waals surface area contributed by atoms with Crippen LogP contribution in [0, 0.1) is 12.3 Å². The number of carbonyl (C=O) groups is 1. The molecule has 1 saturated carbocycles. The fourth-order valence-electron chi connectivity index (χ4n) is 2.05. The van der Waals surface area contributed by atoms with Crippen molar-refractivity contribution in [3.63, 3.8) is 0 Å². The maximum absolute atomic E-state index is 10.8. The third-order valence-corrected chi connectivity index (χ3v) is 3.73. The number of aryl methyl sites for hydroxylation is 1. The Kier molecular flexibility index (Phi) is 2.98. The van der Waals surface area contributed by atoms with Gasteiger partial charge in [-0.25, -0.2) is 14.8 Å². The van der Waals surface area contributed by atoms with E-state index < -0.39 is 5.97 Å². The molecule has 6 heteroatoms. The highest BCUT2D eigenvalue weighted by Gasteiger charge is 2.47. The Labute approximate surface area is 105 Å². The number of rotatable bonds is 3. The third kappa shape index (κ3) is 2.03. The smallest absolute Gasteiger partial charge is 0.339 e. The van der Waals surface area contributed by atoms with Crippen molar-refractivity contribution in [1.29, 1.82) is 0 Å². The van der Waals surface area contributed by atoms with E-state index in [0.717, 1.165) is 0 Å². The normalized spacial score (nSPS) is 25.3. The Morgan fingerprint density at radius 1 is 1.56 bits per heavy atom. The van der Waals surface area contributed by atoms with Gasteiger partial charge in [-0.3, -0.25) is 0 Å². The summed E-state index contributed by atoms with van der Waals surface area (Å²) in [5, 5.41) is 21.6. The highest BCUT2D eigenvalue weighted by molar-refractivity contribution is 5.88. The SMILES string of the molecule is Cc1nc(NC2CC(O)C2(C)C)ncc1C(=O)O. The zero-order valence-electron chi connectivity index (χ0n) is 10.6. The molecule has 0 radical (unpaired) electrons. The predicted molar refractivity (Wildman–Crippen MR) is 65.5 cm³/mol. The van der Waals surface area contributed by atoms with Crippen LogP contribution in [0.2, 0.25) is 0 Å². The summed E-state index contributed by atoms with van der Waals surface area (Å²) in [7, 11) is 0. The minimum atomic E-state index is -1.03. The molecule has 0 amide bonds. The van der Waals surface area contributed by atoms with Crippen LogP contribution in [0.1, 0.15) is 36.3 Å². The number of hydrogen-bond acceptors (Lipinski definition) is 5. The molecular weight excluding hydrogens is 234 g/mol. The minimum absolute atomic E-state index is 0.0996. The Bertz CT molecular complexity index is 487. The largest absolute Gasteiger partial charge is 0.478 e. The number of aliphatic hydroxyl groups excluding tert-OH is 1. The molecule has 2 atom stereocenters. The summed E-state index contributed by atoms with van der Waals surface area (Å²) in [6.07, 6.45) is 1.62. The zero-order chi connectivity index (χ0) is 13.5. The van der Waals surface area contributed by atoms with Gasteiger partial charge in [-0.15, -0.1) is 0 Å². The first-order valence-electron chi connectivity index (χ1n) is 5.84. The number of anilines is 1. The van der Waals surface area contributed by atoms with Gasteiger partial charge in [0.2, 0.25) is 5.95 Å². The van der Waals surface area contributed by atoms with Crippen molar-refractivity contribution >= 4 is 11.9 Å². The van der Waals surface area contributed by atoms with E-state index in [1.54, 1.807) is 6.92 Å². The van der Waals surface area contributed by atoms with Crippen molar-refractivity contribution in [2.24, 2.45) is 5.41 Å². The average Bonchev–Trinajstić information content (AvgIpc) is 2.28. The van der Waals surface area contributed by atoms with Crippen molar-refractivity contribution in [2.45, 2.75) is 39.3 Å². The van der Waals surface area contributed by atoms with Crippen LogP contribution in [0.25, 0.3) is 0 Å². The van der Waals surface area contributed by atoms with Gasteiger partial charge >= 0.3 is 5.97 Å². The summed E-state index contributed by atoms with van der Waals surface area (Å²) in [5.74, 6) is -0.624. The van der Waals surface area contributed by atoms with Crippen molar-refractivity contribution < 1.29 is 15.0 Å². The van der Waals surface area contributed by atoms with Crippen molar-refractivity contribution in [1.82, 2.24) is 9.97 Å². The summed E-state index contributed by atoms with van der Waals surface area (Å²) >= 11 is 0. The number of hydrogen-bond donors (Lipinski definition) is 3. The zero-order valence-corrected chi connectivity index (χ0v) is 10.6. The quantitative estimate of drug-likeness (QED) is 0.743. The third-order valence-electron chi connectivity index (χ3n) is 3.73. The first-order valence-corrected chi connectivity index (χ1v) is 5.84. The molecule has 0 spiro atoms. The first-order chi connectivity index (χ1) is 8.32. The predicted octanol–water partition coefficient (Wildman–Crippen LogP) is 1.05. The monoisotopic (exact) mass is 251 g/mol. The van der Waals surface area contributed by atoms with Gasteiger partial charge in [-0.1, -0.05) is 13.8 Å². The highest BCUT2D eigenvalue weighted by atomic mass is 16.4. The standard InChI is InChI=1S/C12H17N3O3/c1-6-7(10(17)18)5-13-11(14-6)15-8-4-9(16)12(8,2)3/h5,8-9,16H,4H2,1-3H3,(H,17,18)(H,13,14,15). The van der Waals surface area contributed by atoms with Crippen LogP contribution in [0.15, 0.2) is 6.20 Å². The number of carboxylic acid groups (broad SMARTS) is 1. The second kappa shape index (κ2) is 4.20. The van der Waals surface area contributed by atoms with E-state index in [-0.39, 0.29) is 23.1 Å². The van der Waals surface area contributed by atoms with E-state index in [9.17, 15) is 9.90 Å². The Hall–Kier alpha value is -1.69. The number of aliphatic hydroxyl groups is 1. The van der Waals surface area contributed by atoms with E-state index in [1.165, 1.54) is 6.20 Å². The molecule has 2 unspecified atom stereocenters. The summed E-state index contributed by atoms with van der Waals surface area (Å²) in [6, 6.07) is 0.0996. The molecule has 0 saturated heterocycles. The van der Waals surface area contributed by atoms with Crippen molar-refractivity contribution in [3.05, 3.63) is 17.5 Å². The maximum Gasteiger partial charge on any atom is 0.339 e. The molecule has 1 aromatic rings. The number of carboxylic acids is 1. The molecule has 1 aliphatic rings. The number of aromatic nitrogens is 2. The molecule has 1 aliphatic carbocycles. The van der Waals surface area contributed by atoms with Gasteiger partial charge in [0.15, 0.2) is 0 Å². The van der Waals surface area contributed by atoms with Crippen LogP contribution >= 0.6 is 0 Å². The summed E-state index contributed by atoms with van der Waals surface area (Å²) in [5.41, 5.74) is 0.314. The van der Waals surface area contributed by atoms with Crippen molar-refractivity contribution in [2.75, 3.05) is 5.32 Å². The fourth-order valence-corrected chi connectivity index (χ4v) is 2.05. The van der Waals surface area contributed by atoms with E-state index in [0.29, 0.717) is 18.1 Å². The van der Waals surface area contributed by atoms with Crippen LogP contribution in [0.3, 0.4) is 0 Å². The summed E-state index contributed by atoms with van der Waals surface area (Å²) < 4.78 is 0. The first kappa shape index (κ1) is 12.8. The second-order valence-corrected chi connectivity index (χ2v) is 5.27. The molecule has 2 rings (SSSR count). The average molecular weight is 251 g/mol. The van der Waals surface area contributed by atoms with Crippen LogP contribution in [-0.4, -0.2) is 38.3 Å². The molecule has 0 aliphatic heterocycles. The molecule has 3 N–H and O–H groups in total. The van der Waals surface area contributed by atoms with E-state index in [4.69, 9.17) is 5.11 Å². The maximum atomic E-state index is 10.8. The Morgan fingerprint density at radius 3 is 2.67 bits per heavy atom. The van der Waals surface area contributed by atoms with Crippen LogP contribution in [-0.2, 0) is 0 Å². The van der Waals surface area contributed by atoms with Crippen LogP contribution < -0.4 is 5.32 Å². The van der Waals surface area contributed by atoms with Gasteiger partial charge in [-0.05, 0) is 13.3 Å². The number of aromatic carboxylic acids is 1. The molecule has 0 bridgehead atoms. The topological polar surface area (TPSA) is 95.3 Å². The van der Waals surface area contributed by atoms with Gasteiger partial charge in [0, 0.05) is 17.7 Å². The molecule has 98 valence electrons. The molecular formula is C12H17N3O3. The van der Waals surface area contributed by atoms with Gasteiger partial charge in [-0.2, -0.15) is 0 Å². The number of nitrogens with zero attached hydrogens (tertiary/aromatic N) is 2. The van der Waals surface area contributed by atoms with E-state index in [1.807, 2.05) is 13.8 Å². The lowest BCUT2D eigenvalue weighted by atomic mass is 9.65. The fraction of sp³-hybridized carbons (Fsp3) is 0.583.